The highest BCUT2D eigenvalue weighted by atomic mass is 32.1. The fourth-order valence-corrected chi connectivity index (χ4v) is 3.88. The Morgan fingerprint density at radius 2 is 1.83 bits per heavy atom. The summed E-state index contributed by atoms with van der Waals surface area (Å²) in [7, 11) is 0. The maximum absolute atomic E-state index is 14.2. The van der Waals surface area contributed by atoms with Crippen LogP contribution in [0.5, 0.6) is 0 Å². The molecule has 0 radical (unpaired) electrons. The summed E-state index contributed by atoms with van der Waals surface area (Å²) in [5, 5.41) is 9.49. The lowest BCUT2D eigenvalue weighted by Gasteiger charge is -2.13. The van der Waals surface area contributed by atoms with Crippen LogP contribution in [0.1, 0.15) is 35.3 Å². The molecular formula is C19H14F4N2O3S. The molecule has 0 saturated heterocycles. The predicted octanol–water partition coefficient (Wildman–Crippen LogP) is 4.34. The molecule has 2 aromatic carbocycles. The second kappa shape index (κ2) is 7.78. The van der Waals surface area contributed by atoms with E-state index in [4.69, 9.17) is 0 Å². The van der Waals surface area contributed by atoms with Crippen LogP contribution >= 0.6 is 11.3 Å². The van der Waals surface area contributed by atoms with Crippen molar-refractivity contribution in [2.24, 2.45) is 4.99 Å². The summed E-state index contributed by atoms with van der Waals surface area (Å²) in [4.78, 5) is 27.6. The first kappa shape index (κ1) is 20.7. The van der Waals surface area contributed by atoms with Gasteiger partial charge in [-0.1, -0.05) is 24.3 Å². The molecule has 0 saturated carbocycles. The van der Waals surface area contributed by atoms with E-state index in [2.05, 4.69) is 4.99 Å². The number of benzene rings is 2. The summed E-state index contributed by atoms with van der Waals surface area (Å²) in [6, 6.07) is 3.01. The summed E-state index contributed by atoms with van der Waals surface area (Å²) in [5.41, 5.74) is -0.0518. The largest absolute Gasteiger partial charge is 0.480 e. The van der Waals surface area contributed by atoms with Gasteiger partial charge in [0, 0.05) is 11.6 Å². The number of aryl methyl sites for hydroxylation is 1. The standard InChI is InChI=1S/C19H14F4N2O3S/c1-3-12(18(27)28)25-13-7-11(21)14(22)15(23)16(13)29-19(25)24-17(26)9-5-4-8(2)10(20)6-9/h4-7,12H,3H2,1-2H3,(H,27,28). The van der Waals surface area contributed by atoms with Crippen LogP contribution in [-0.2, 0) is 4.79 Å². The van der Waals surface area contributed by atoms with E-state index in [1.165, 1.54) is 26.0 Å². The van der Waals surface area contributed by atoms with Crippen LogP contribution in [0.4, 0.5) is 17.6 Å². The minimum Gasteiger partial charge on any atom is -0.480 e. The molecule has 3 aromatic rings. The van der Waals surface area contributed by atoms with Crippen LogP contribution in [0.3, 0.4) is 0 Å². The molecular weight excluding hydrogens is 412 g/mol. The normalized spacial score (nSPS) is 13.1. The molecule has 10 heteroatoms. The van der Waals surface area contributed by atoms with E-state index in [0.717, 1.165) is 10.6 Å². The minimum atomic E-state index is -1.72. The zero-order valence-corrected chi connectivity index (χ0v) is 16.0. The van der Waals surface area contributed by atoms with Gasteiger partial charge < -0.3 is 9.67 Å². The predicted molar refractivity (Wildman–Crippen MR) is 97.7 cm³/mol. The van der Waals surface area contributed by atoms with Crippen molar-refractivity contribution < 1.29 is 32.3 Å². The molecule has 3 rings (SSSR count). The maximum Gasteiger partial charge on any atom is 0.326 e. The van der Waals surface area contributed by atoms with E-state index in [0.29, 0.717) is 23.0 Å². The highest BCUT2D eigenvalue weighted by molar-refractivity contribution is 7.16. The van der Waals surface area contributed by atoms with Gasteiger partial charge in [0.05, 0.1) is 10.2 Å². The Kier molecular flexibility index (Phi) is 5.56. The lowest BCUT2D eigenvalue weighted by molar-refractivity contribution is -0.140. The molecule has 0 aliphatic heterocycles. The quantitative estimate of drug-likeness (QED) is 0.498. The smallest absolute Gasteiger partial charge is 0.326 e. The second-order valence-corrected chi connectivity index (χ2v) is 7.21. The third-order valence-electron chi connectivity index (χ3n) is 4.36. The van der Waals surface area contributed by atoms with Crippen LogP contribution in [-0.4, -0.2) is 21.6 Å². The Morgan fingerprint density at radius 1 is 1.14 bits per heavy atom. The first-order valence-corrected chi connectivity index (χ1v) is 9.23. The number of carbonyl (C=O) groups excluding carboxylic acids is 1. The minimum absolute atomic E-state index is 0.00230. The van der Waals surface area contributed by atoms with E-state index < -0.39 is 41.2 Å². The Balaban J connectivity index is 2.32. The highest BCUT2D eigenvalue weighted by Crippen LogP contribution is 2.28. The summed E-state index contributed by atoms with van der Waals surface area (Å²) in [5.74, 6) is -7.59. The van der Waals surface area contributed by atoms with Crippen LogP contribution in [0.2, 0.25) is 0 Å². The number of amides is 1. The second-order valence-electron chi connectivity index (χ2n) is 6.23. The molecule has 0 fully saturated rings. The van der Waals surface area contributed by atoms with Crippen LogP contribution in [0.25, 0.3) is 10.2 Å². The monoisotopic (exact) mass is 426 g/mol. The number of hydrogen-bond donors (Lipinski definition) is 1. The third-order valence-corrected chi connectivity index (χ3v) is 5.42. The molecule has 1 amide bonds. The van der Waals surface area contributed by atoms with Crippen molar-refractivity contribution in [2.45, 2.75) is 26.3 Å². The highest BCUT2D eigenvalue weighted by Gasteiger charge is 2.26. The van der Waals surface area contributed by atoms with Crippen molar-refractivity contribution >= 4 is 33.4 Å². The summed E-state index contributed by atoms with van der Waals surface area (Å²) in [6.45, 7) is 3.03. The van der Waals surface area contributed by atoms with Gasteiger partial charge in [-0.15, -0.1) is 0 Å². The molecule has 152 valence electrons. The third kappa shape index (κ3) is 3.67. The van der Waals surface area contributed by atoms with Crippen molar-refractivity contribution in [3.8, 4) is 0 Å². The lowest BCUT2D eigenvalue weighted by Crippen LogP contribution is -2.27. The number of aromatic nitrogens is 1. The van der Waals surface area contributed by atoms with Crippen LogP contribution in [0, 0.1) is 30.2 Å². The van der Waals surface area contributed by atoms with Gasteiger partial charge in [0.1, 0.15) is 11.9 Å². The molecule has 0 bridgehead atoms. The molecule has 0 aliphatic rings. The summed E-state index contributed by atoms with van der Waals surface area (Å²) < 4.78 is 56.0. The van der Waals surface area contributed by atoms with Gasteiger partial charge in [-0.2, -0.15) is 4.99 Å². The van der Waals surface area contributed by atoms with E-state index >= 15 is 0 Å². The first-order chi connectivity index (χ1) is 13.6. The molecule has 1 N–H and O–H groups in total. The van der Waals surface area contributed by atoms with Crippen molar-refractivity contribution in [3.05, 3.63) is 63.5 Å². The molecule has 29 heavy (non-hydrogen) atoms. The number of thiazole rings is 1. The van der Waals surface area contributed by atoms with Crippen molar-refractivity contribution in [1.29, 1.82) is 0 Å². The topological polar surface area (TPSA) is 71.7 Å². The maximum atomic E-state index is 14.2. The van der Waals surface area contributed by atoms with Gasteiger partial charge in [0.25, 0.3) is 5.91 Å². The fraction of sp³-hybridized carbons (Fsp3) is 0.211. The summed E-state index contributed by atoms with van der Waals surface area (Å²) >= 11 is 0.502. The molecule has 1 unspecified atom stereocenters. The molecule has 1 atom stereocenters. The van der Waals surface area contributed by atoms with E-state index in [1.54, 1.807) is 0 Å². The van der Waals surface area contributed by atoms with Gasteiger partial charge in [0.2, 0.25) is 0 Å². The van der Waals surface area contributed by atoms with Gasteiger partial charge in [-0.3, -0.25) is 4.79 Å². The number of fused-ring (bicyclic) bond motifs is 1. The molecule has 0 spiro atoms. The van der Waals surface area contributed by atoms with Gasteiger partial charge in [0.15, 0.2) is 22.3 Å². The first-order valence-electron chi connectivity index (χ1n) is 8.42. The number of rotatable bonds is 4. The van der Waals surface area contributed by atoms with E-state index in [9.17, 15) is 32.3 Å². The zero-order valence-electron chi connectivity index (χ0n) is 15.2. The fourth-order valence-electron chi connectivity index (χ4n) is 2.81. The van der Waals surface area contributed by atoms with E-state index in [1.807, 2.05) is 0 Å². The van der Waals surface area contributed by atoms with Crippen molar-refractivity contribution in [3.63, 3.8) is 0 Å². The lowest BCUT2D eigenvalue weighted by atomic mass is 10.1. The average Bonchev–Trinajstić information content (AvgIpc) is 3.00. The number of carboxylic acid groups (broad SMARTS) is 1. The SMILES string of the molecule is CCC(C(=O)O)n1c(=NC(=O)c2ccc(C)c(F)c2)sc2c(F)c(F)c(F)cc21. The number of carbonyl (C=O) groups is 2. The Hall–Kier alpha value is -3.01. The van der Waals surface area contributed by atoms with Crippen molar-refractivity contribution in [2.75, 3.05) is 0 Å². The molecule has 1 aromatic heterocycles. The Morgan fingerprint density at radius 3 is 2.41 bits per heavy atom. The average molecular weight is 426 g/mol. The van der Waals surface area contributed by atoms with Gasteiger partial charge >= 0.3 is 5.97 Å². The zero-order chi connectivity index (χ0) is 21.5. The molecule has 0 aliphatic carbocycles. The number of carboxylic acids is 1. The number of aliphatic carboxylic acids is 1. The van der Waals surface area contributed by atoms with Gasteiger partial charge in [-0.25, -0.2) is 22.4 Å². The molecule has 1 heterocycles. The van der Waals surface area contributed by atoms with E-state index in [-0.39, 0.29) is 27.0 Å². The van der Waals surface area contributed by atoms with Crippen LogP contribution < -0.4 is 4.80 Å². The molecule has 5 nitrogen and oxygen atoms in total. The van der Waals surface area contributed by atoms with Crippen LogP contribution in [0.15, 0.2) is 29.3 Å². The number of hydrogen-bond acceptors (Lipinski definition) is 3. The Labute approximate surface area is 165 Å². The Bertz CT molecular complexity index is 1220. The number of halogens is 4. The number of nitrogens with zero attached hydrogens (tertiary/aromatic N) is 2. The summed E-state index contributed by atoms with van der Waals surface area (Å²) in [6.07, 6.45) is 0.00230. The van der Waals surface area contributed by atoms with Crippen molar-refractivity contribution in [1.82, 2.24) is 4.57 Å². The van der Waals surface area contributed by atoms with Gasteiger partial charge in [-0.05, 0) is 31.0 Å².